The summed E-state index contributed by atoms with van der Waals surface area (Å²) in [4.78, 5) is 0.0445. The molecule has 1 fully saturated rings. The Balaban J connectivity index is 2.30. The summed E-state index contributed by atoms with van der Waals surface area (Å²) in [5.41, 5.74) is -0.304. The average molecular weight is 289 g/mol. The number of nitrogens with zero attached hydrogens (tertiary/aromatic N) is 3. The topological polar surface area (TPSA) is 85.0 Å². The van der Waals surface area contributed by atoms with Crippen molar-refractivity contribution in [2.45, 2.75) is 24.7 Å². The van der Waals surface area contributed by atoms with Crippen molar-refractivity contribution < 1.29 is 8.42 Å². The Hall–Kier alpha value is -1.89. The molecule has 0 saturated carbocycles. The van der Waals surface area contributed by atoms with Crippen LogP contribution in [0.15, 0.2) is 29.2 Å². The molecule has 1 aromatic rings. The van der Waals surface area contributed by atoms with Gasteiger partial charge in [-0.25, -0.2) is 8.42 Å². The first-order chi connectivity index (χ1) is 9.43. The molecule has 0 radical (unpaired) electrons. The molecule has 1 aliphatic rings. The number of piperidine rings is 1. The van der Waals surface area contributed by atoms with Crippen molar-refractivity contribution >= 4 is 10.0 Å². The fourth-order valence-corrected chi connectivity index (χ4v) is 3.84. The van der Waals surface area contributed by atoms with Crippen LogP contribution in [-0.4, -0.2) is 25.8 Å². The molecule has 1 aliphatic heterocycles. The van der Waals surface area contributed by atoms with Gasteiger partial charge < -0.3 is 0 Å². The normalized spacial score (nSPS) is 18.9. The molecule has 0 unspecified atom stereocenters. The lowest BCUT2D eigenvalue weighted by Gasteiger charge is -2.34. The molecule has 1 heterocycles. The third-order valence-electron chi connectivity index (χ3n) is 3.72. The number of benzene rings is 1. The summed E-state index contributed by atoms with van der Waals surface area (Å²) in [5.74, 6) is 0. The molecule has 0 atom stereocenters. The first-order valence-electron chi connectivity index (χ1n) is 6.33. The molecule has 0 spiro atoms. The first-order valence-corrected chi connectivity index (χ1v) is 7.77. The van der Waals surface area contributed by atoms with E-state index in [9.17, 15) is 8.42 Å². The van der Waals surface area contributed by atoms with Gasteiger partial charge in [-0.05, 0) is 31.9 Å². The summed E-state index contributed by atoms with van der Waals surface area (Å²) >= 11 is 0. The van der Waals surface area contributed by atoms with Crippen LogP contribution in [0.2, 0.25) is 0 Å². The highest BCUT2D eigenvalue weighted by Gasteiger charge is 2.36. The highest BCUT2D eigenvalue weighted by Crippen LogP contribution is 2.32. The zero-order valence-corrected chi connectivity index (χ0v) is 12.0. The number of hydrogen-bond acceptors (Lipinski definition) is 4. The molecule has 0 aliphatic carbocycles. The molecule has 20 heavy (non-hydrogen) atoms. The van der Waals surface area contributed by atoms with E-state index in [2.05, 4.69) is 6.07 Å². The molecule has 0 aromatic heterocycles. The molecule has 0 bridgehead atoms. The molecule has 1 aromatic carbocycles. The van der Waals surface area contributed by atoms with Crippen molar-refractivity contribution in [3.8, 4) is 12.1 Å². The standard InChI is InChI=1S/C14H15N3O2S/c1-14(11-16)6-8-17(9-7-14)20(18,19)13-5-3-2-4-12(13)10-15/h2-5H,6-9H2,1H3. The minimum absolute atomic E-state index is 0.0445. The maximum atomic E-state index is 12.6. The molecular weight excluding hydrogens is 274 g/mol. The van der Waals surface area contributed by atoms with Gasteiger partial charge in [0.2, 0.25) is 10.0 Å². The smallest absolute Gasteiger partial charge is 0.207 e. The van der Waals surface area contributed by atoms with Crippen LogP contribution in [0, 0.1) is 28.1 Å². The van der Waals surface area contributed by atoms with Gasteiger partial charge in [-0.1, -0.05) is 12.1 Å². The summed E-state index contributed by atoms with van der Waals surface area (Å²) in [7, 11) is -3.66. The maximum absolute atomic E-state index is 12.6. The van der Waals surface area contributed by atoms with Gasteiger partial charge in [0.1, 0.15) is 6.07 Å². The van der Waals surface area contributed by atoms with E-state index in [1.807, 2.05) is 13.0 Å². The van der Waals surface area contributed by atoms with Crippen molar-refractivity contribution in [2.75, 3.05) is 13.1 Å². The van der Waals surface area contributed by atoms with Crippen LogP contribution in [0.1, 0.15) is 25.3 Å². The number of rotatable bonds is 2. The van der Waals surface area contributed by atoms with Crippen LogP contribution in [0.4, 0.5) is 0 Å². The SMILES string of the molecule is CC1(C#N)CCN(S(=O)(=O)c2ccccc2C#N)CC1. The van der Waals surface area contributed by atoms with Crippen LogP contribution >= 0.6 is 0 Å². The number of nitriles is 2. The van der Waals surface area contributed by atoms with Crippen molar-refractivity contribution in [3.63, 3.8) is 0 Å². The summed E-state index contributed by atoms with van der Waals surface area (Å²) in [6.45, 7) is 2.47. The number of sulfonamides is 1. The highest BCUT2D eigenvalue weighted by atomic mass is 32.2. The Labute approximate surface area is 119 Å². The lowest BCUT2D eigenvalue weighted by Crippen LogP contribution is -2.41. The van der Waals surface area contributed by atoms with E-state index in [0.29, 0.717) is 25.9 Å². The molecule has 6 heteroatoms. The number of hydrogen-bond donors (Lipinski definition) is 0. The van der Waals surface area contributed by atoms with Crippen molar-refractivity contribution in [2.24, 2.45) is 5.41 Å². The molecular formula is C14H15N3O2S. The second kappa shape index (κ2) is 5.24. The zero-order chi connectivity index (χ0) is 14.8. The van der Waals surface area contributed by atoms with Gasteiger partial charge in [-0.15, -0.1) is 0 Å². The van der Waals surface area contributed by atoms with E-state index >= 15 is 0 Å². The van der Waals surface area contributed by atoms with Gasteiger partial charge in [0.15, 0.2) is 0 Å². The summed E-state index contributed by atoms with van der Waals surface area (Å²) in [6, 6.07) is 10.3. The molecule has 1 saturated heterocycles. The van der Waals surface area contributed by atoms with Crippen LogP contribution < -0.4 is 0 Å². The Kier molecular flexibility index (Phi) is 3.80. The second-order valence-corrected chi connectivity index (χ2v) is 7.09. The lowest BCUT2D eigenvalue weighted by molar-refractivity contribution is 0.232. The van der Waals surface area contributed by atoms with Crippen LogP contribution in [0.25, 0.3) is 0 Å². The maximum Gasteiger partial charge on any atom is 0.244 e. The fraction of sp³-hybridized carbons (Fsp3) is 0.429. The Morgan fingerprint density at radius 1 is 1.20 bits per heavy atom. The summed E-state index contributed by atoms with van der Waals surface area (Å²) < 4.78 is 26.5. The van der Waals surface area contributed by atoms with Gasteiger partial charge in [0.25, 0.3) is 0 Å². The zero-order valence-electron chi connectivity index (χ0n) is 11.2. The molecule has 5 nitrogen and oxygen atoms in total. The quantitative estimate of drug-likeness (QED) is 0.831. The molecule has 104 valence electrons. The van der Waals surface area contributed by atoms with Crippen molar-refractivity contribution in [1.29, 1.82) is 10.5 Å². The monoisotopic (exact) mass is 289 g/mol. The van der Waals surface area contributed by atoms with Gasteiger partial charge in [-0.2, -0.15) is 14.8 Å². The van der Waals surface area contributed by atoms with E-state index in [-0.39, 0.29) is 10.5 Å². The van der Waals surface area contributed by atoms with Crippen LogP contribution in [0.3, 0.4) is 0 Å². The summed E-state index contributed by atoms with van der Waals surface area (Å²) in [6.07, 6.45) is 1.02. The minimum atomic E-state index is -3.66. The predicted octanol–water partition coefficient (Wildman–Crippen LogP) is 1.87. The highest BCUT2D eigenvalue weighted by molar-refractivity contribution is 7.89. The average Bonchev–Trinajstić information content (AvgIpc) is 2.47. The predicted molar refractivity (Wildman–Crippen MR) is 72.9 cm³/mol. The molecule has 2 rings (SSSR count). The Bertz CT molecular complexity index is 690. The van der Waals surface area contributed by atoms with Crippen LogP contribution in [0.5, 0.6) is 0 Å². The lowest BCUT2D eigenvalue weighted by atomic mass is 9.83. The minimum Gasteiger partial charge on any atom is -0.207 e. The molecule has 0 amide bonds. The van der Waals surface area contributed by atoms with E-state index in [0.717, 1.165) is 0 Å². The molecule has 0 N–H and O–H groups in total. The third-order valence-corrected chi connectivity index (χ3v) is 5.68. The third kappa shape index (κ3) is 2.53. The Morgan fingerprint density at radius 2 is 1.80 bits per heavy atom. The van der Waals surface area contributed by atoms with Gasteiger partial charge in [0.05, 0.1) is 21.9 Å². The summed E-state index contributed by atoms with van der Waals surface area (Å²) in [5, 5.41) is 18.1. The van der Waals surface area contributed by atoms with Crippen molar-refractivity contribution in [1.82, 2.24) is 4.31 Å². The fourth-order valence-electron chi connectivity index (χ4n) is 2.25. The van der Waals surface area contributed by atoms with E-state index in [1.54, 1.807) is 12.1 Å². The van der Waals surface area contributed by atoms with Gasteiger partial charge >= 0.3 is 0 Å². The largest absolute Gasteiger partial charge is 0.244 e. The van der Waals surface area contributed by atoms with E-state index in [4.69, 9.17) is 10.5 Å². The first kappa shape index (κ1) is 14.5. The Morgan fingerprint density at radius 3 is 2.35 bits per heavy atom. The van der Waals surface area contributed by atoms with Gasteiger partial charge in [0, 0.05) is 13.1 Å². The second-order valence-electron chi connectivity index (χ2n) is 5.18. The van der Waals surface area contributed by atoms with E-state index < -0.39 is 15.4 Å². The van der Waals surface area contributed by atoms with Gasteiger partial charge in [-0.3, -0.25) is 0 Å². The van der Waals surface area contributed by atoms with Crippen molar-refractivity contribution in [3.05, 3.63) is 29.8 Å². The van der Waals surface area contributed by atoms with E-state index in [1.165, 1.54) is 16.4 Å². The van der Waals surface area contributed by atoms with Crippen LogP contribution in [-0.2, 0) is 10.0 Å².